The van der Waals surface area contributed by atoms with Crippen molar-refractivity contribution in [2.24, 2.45) is 0 Å². The van der Waals surface area contributed by atoms with Crippen LogP contribution in [0, 0.1) is 0 Å². The zero-order valence-corrected chi connectivity index (χ0v) is 16.3. The molecule has 8 heteroatoms. The van der Waals surface area contributed by atoms with Crippen LogP contribution >= 0.6 is 11.6 Å². The molecule has 2 heterocycles. The molecule has 0 bridgehead atoms. The zero-order valence-electron chi connectivity index (χ0n) is 15.5. The number of carbonyl (C=O) groups is 1. The maximum absolute atomic E-state index is 12.5. The molecule has 1 N–H and O–H groups in total. The van der Waals surface area contributed by atoms with Crippen molar-refractivity contribution in [1.29, 1.82) is 0 Å². The fourth-order valence-corrected chi connectivity index (χ4v) is 3.19. The molecule has 1 aromatic carbocycles. The normalized spacial score (nSPS) is 16.8. The fraction of sp³-hybridized carbons (Fsp3) is 0.474. The van der Waals surface area contributed by atoms with Crippen molar-refractivity contribution in [3.05, 3.63) is 40.7 Å². The van der Waals surface area contributed by atoms with Gasteiger partial charge in [0.1, 0.15) is 18.1 Å². The van der Waals surface area contributed by atoms with Gasteiger partial charge in [-0.15, -0.1) is 0 Å². The molecule has 2 aromatic rings. The van der Waals surface area contributed by atoms with Gasteiger partial charge >= 0.3 is 0 Å². The second-order valence-corrected chi connectivity index (χ2v) is 6.94. The number of amides is 1. The van der Waals surface area contributed by atoms with Crippen molar-refractivity contribution >= 4 is 17.5 Å². The first kappa shape index (κ1) is 19.5. The van der Waals surface area contributed by atoms with Gasteiger partial charge < -0.3 is 19.1 Å². The third-order valence-electron chi connectivity index (χ3n) is 4.47. The van der Waals surface area contributed by atoms with E-state index in [0.29, 0.717) is 34.5 Å². The van der Waals surface area contributed by atoms with Gasteiger partial charge in [-0.2, -0.15) is 5.10 Å². The average Bonchev–Trinajstić information content (AvgIpc) is 3.16. The van der Waals surface area contributed by atoms with E-state index in [1.165, 1.54) is 0 Å². The summed E-state index contributed by atoms with van der Waals surface area (Å²) in [6.07, 6.45) is 3.33. The van der Waals surface area contributed by atoms with Crippen LogP contribution in [0.3, 0.4) is 0 Å². The third-order valence-corrected chi connectivity index (χ3v) is 4.77. The molecular weight excluding hydrogens is 370 g/mol. The van der Waals surface area contributed by atoms with E-state index in [0.717, 1.165) is 25.9 Å². The minimum absolute atomic E-state index is 0.103. The van der Waals surface area contributed by atoms with Crippen molar-refractivity contribution in [3.63, 3.8) is 0 Å². The van der Waals surface area contributed by atoms with Crippen LogP contribution < -0.4 is 9.47 Å². The number of ether oxygens (including phenoxy) is 3. The van der Waals surface area contributed by atoms with E-state index in [1.54, 1.807) is 43.3 Å². The fourth-order valence-electron chi connectivity index (χ4n) is 2.96. The highest BCUT2D eigenvalue weighted by molar-refractivity contribution is 6.32. The standard InChI is InChI=1S/C19H24ClN3O4/c1-23(11-15-5-3-4-8-26-15)19(24)17-9-13(21-22-17)12-27-18-7-6-14(25-2)10-16(18)20/h6-7,9-10,15H,3-5,8,11-12H2,1-2H3,(H,21,22). The predicted octanol–water partition coefficient (Wildman–Crippen LogP) is 3.29. The number of hydrogen-bond acceptors (Lipinski definition) is 5. The van der Waals surface area contributed by atoms with E-state index in [2.05, 4.69) is 10.2 Å². The quantitative estimate of drug-likeness (QED) is 0.781. The summed E-state index contributed by atoms with van der Waals surface area (Å²) < 4.78 is 16.5. The number of hydrogen-bond donors (Lipinski definition) is 1. The van der Waals surface area contributed by atoms with Gasteiger partial charge in [0.25, 0.3) is 5.91 Å². The van der Waals surface area contributed by atoms with Gasteiger partial charge in [0, 0.05) is 26.3 Å². The lowest BCUT2D eigenvalue weighted by Crippen LogP contribution is -2.37. The predicted molar refractivity (Wildman–Crippen MR) is 101 cm³/mol. The monoisotopic (exact) mass is 393 g/mol. The number of aromatic nitrogens is 2. The van der Waals surface area contributed by atoms with Gasteiger partial charge in [0.05, 0.1) is 23.9 Å². The van der Waals surface area contributed by atoms with Gasteiger partial charge in [-0.25, -0.2) is 0 Å². The molecule has 27 heavy (non-hydrogen) atoms. The number of benzene rings is 1. The maximum Gasteiger partial charge on any atom is 0.274 e. The molecule has 1 unspecified atom stereocenters. The zero-order chi connectivity index (χ0) is 19.2. The molecule has 1 amide bonds. The molecule has 3 rings (SSSR count). The Morgan fingerprint density at radius 1 is 1.41 bits per heavy atom. The van der Waals surface area contributed by atoms with Crippen LogP contribution in [0.15, 0.2) is 24.3 Å². The lowest BCUT2D eigenvalue weighted by Gasteiger charge is -2.27. The summed E-state index contributed by atoms with van der Waals surface area (Å²) in [5, 5.41) is 7.39. The van der Waals surface area contributed by atoms with Crippen molar-refractivity contribution in [3.8, 4) is 11.5 Å². The van der Waals surface area contributed by atoms with Crippen LogP contribution in [0.4, 0.5) is 0 Å². The number of carbonyl (C=O) groups excluding carboxylic acids is 1. The Kier molecular flexibility index (Phi) is 6.58. The molecule has 1 fully saturated rings. The summed E-state index contributed by atoms with van der Waals surface area (Å²) >= 11 is 6.16. The van der Waals surface area contributed by atoms with Crippen molar-refractivity contribution < 1.29 is 19.0 Å². The SMILES string of the molecule is COc1ccc(OCc2cc(C(=O)N(C)CC3CCCCO3)n[nH]2)c(Cl)c1. The Labute approximate surface area is 163 Å². The molecule has 0 spiro atoms. The van der Waals surface area contributed by atoms with E-state index < -0.39 is 0 Å². The van der Waals surface area contributed by atoms with Crippen molar-refractivity contribution in [2.75, 3.05) is 27.3 Å². The molecule has 1 aliphatic rings. The van der Waals surface area contributed by atoms with Gasteiger partial charge in [-0.3, -0.25) is 9.89 Å². The van der Waals surface area contributed by atoms with E-state index in [-0.39, 0.29) is 18.6 Å². The van der Waals surface area contributed by atoms with Gasteiger partial charge in [-0.1, -0.05) is 11.6 Å². The molecule has 1 saturated heterocycles. The first-order valence-electron chi connectivity index (χ1n) is 8.94. The van der Waals surface area contributed by atoms with Crippen LogP contribution in [0.1, 0.15) is 35.4 Å². The summed E-state index contributed by atoms with van der Waals surface area (Å²) in [6, 6.07) is 6.88. The molecule has 146 valence electrons. The third kappa shape index (κ3) is 5.14. The van der Waals surface area contributed by atoms with E-state index in [9.17, 15) is 4.79 Å². The molecule has 7 nitrogen and oxygen atoms in total. The number of methoxy groups -OCH3 is 1. The lowest BCUT2D eigenvalue weighted by atomic mass is 10.1. The first-order valence-corrected chi connectivity index (χ1v) is 9.32. The number of halogens is 1. The van der Waals surface area contributed by atoms with Crippen LogP contribution in [-0.4, -0.2) is 54.4 Å². The number of rotatable bonds is 7. The van der Waals surface area contributed by atoms with Crippen molar-refractivity contribution in [2.45, 2.75) is 32.0 Å². The number of aromatic amines is 1. The highest BCUT2D eigenvalue weighted by Crippen LogP contribution is 2.29. The summed E-state index contributed by atoms with van der Waals surface area (Å²) in [5.41, 5.74) is 1.04. The maximum atomic E-state index is 12.5. The van der Waals surface area contributed by atoms with Crippen LogP contribution in [0.5, 0.6) is 11.5 Å². The molecule has 0 radical (unpaired) electrons. The van der Waals surface area contributed by atoms with E-state index in [4.69, 9.17) is 25.8 Å². The molecule has 1 aromatic heterocycles. The minimum Gasteiger partial charge on any atom is -0.497 e. The molecule has 1 atom stereocenters. The van der Waals surface area contributed by atoms with Crippen molar-refractivity contribution in [1.82, 2.24) is 15.1 Å². The largest absolute Gasteiger partial charge is 0.497 e. The Balaban J connectivity index is 1.55. The van der Waals surface area contributed by atoms with Crippen LogP contribution in [0.25, 0.3) is 0 Å². The topological polar surface area (TPSA) is 76.7 Å². The number of likely N-dealkylation sites (N-methyl/N-ethyl adjacent to an activating group) is 1. The summed E-state index contributed by atoms with van der Waals surface area (Å²) in [4.78, 5) is 14.2. The average molecular weight is 394 g/mol. The van der Waals surface area contributed by atoms with E-state index >= 15 is 0 Å². The lowest BCUT2D eigenvalue weighted by molar-refractivity contribution is -0.000291. The second-order valence-electron chi connectivity index (χ2n) is 6.54. The Morgan fingerprint density at radius 3 is 2.96 bits per heavy atom. The van der Waals surface area contributed by atoms with Gasteiger partial charge in [0.2, 0.25) is 0 Å². The van der Waals surface area contributed by atoms with Crippen LogP contribution in [0.2, 0.25) is 5.02 Å². The molecule has 0 saturated carbocycles. The van der Waals surface area contributed by atoms with Crippen LogP contribution in [-0.2, 0) is 11.3 Å². The Hall–Kier alpha value is -2.25. The van der Waals surface area contributed by atoms with E-state index in [1.807, 2.05) is 0 Å². The van der Waals surface area contributed by atoms with Gasteiger partial charge in [-0.05, 0) is 37.5 Å². The Morgan fingerprint density at radius 2 is 2.26 bits per heavy atom. The minimum atomic E-state index is -0.144. The molecule has 1 aliphatic heterocycles. The highest BCUT2D eigenvalue weighted by atomic mass is 35.5. The van der Waals surface area contributed by atoms with Gasteiger partial charge in [0.15, 0.2) is 5.69 Å². The summed E-state index contributed by atoms with van der Waals surface area (Å²) in [5.74, 6) is 1.05. The second kappa shape index (κ2) is 9.10. The Bertz CT molecular complexity index is 774. The highest BCUT2D eigenvalue weighted by Gasteiger charge is 2.21. The molecule has 0 aliphatic carbocycles. The molecular formula is C19H24ClN3O4. The number of nitrogens with zero attached hydrogens (tertiary/aromatic N) is 2. The summed E-state index contributed by atoms with van der Waals surface area (Å²) in [6.45, 7) is 1.56. The smallest absolute Gasteiger partial charge is 0.274 e. The first-order chi connectivity index (χ1) is 13.1. The summed E-state index contributed by atoms with van der Waals surface area (Å²) in [7, 11) is 3.34. The number of H-pyrrole nitrogens is 1. The number of nitrogens with one attached hydrogen (secondary N) is 1.